The molecule has 0 saturated heterocycles. The minimum Gasteiger partial charge on any atom is -0.383 e. The molecule has 3 atom stereocenters. The van der Waals surface area contributed by atoms with Gasteiger partial charge in [-0.1, -0.05) is 89.6 Å². The first-order valence-corrected chi connectivity index (χ1v) is 10.6. The summed E-state index contributed by atoms with van der Waals surface area (Å²) in [4.78, 5) is 0. The summed E-state index contributed by atoms with van der Waals surface area (Å²) < 4.78 is 12.4. The van der Waals surface area contributed by atoms with Crippen LogP contribution in [0.3, 0.4) is 0 Å². The molecule has 150 valence electrons. The summed E-state index contributed by atoms with van der Waals surface area (Å²) >= 11 is 0. The minimum atomic E-state index is -0.977. The molecule has 1 aromatic carbocycles. The molecule has 0 spiro atoms. The lowest BCUT2D eigenvalue weighted by Crippen LogP contribution is -2.48. The third-order valence-corrected chi connectivity index (χ3v) is 5.08. The van der Waals surface area contributed by atoms with E-state index in [-0.39, 0.29) is 5.92 Å². The standard InChI is InChI=1S/C23H40O3/c1-5-8-9-10-11-13-16-20(4)23(25-7-3,26-19-6-2)22(24)21-17-14-12-15-18-21/h12,14-15,17-18,20,22,24H,5-11,13,16,19H2,1-4H3. The van der Waals surface area contributed by atoms with Gasteiger partial charge in [-0.15, -0.1) is 0 Å². The Kier molecular flexibility index (Phi) is 11.8. The van der Waals surface area contributed by atoms with Gasteiger partial charge in [0.25, 0.3) is 0 Å². The molecular weight excluding hydrogens is 324 g/mol. The van der Waals surface area contributed by atoms with Gasteiger partial charge in [-0.05, 0) is 25.3 Å². The average Bonchev–Trinajstić information content (AvgIpc) is 2.67. The van der Waals surface area contributed by atoms with Crippen molar-refractivity contribution in [2.75, 3.05) is 13.2 Å². The summed E-state index contributed by atoms with van der Waals surface area (Å²) in [6.45, 7) is 9.57. The number of hydrogen-bond donors (Lipinski definition) is 1. The van der Waals surface area contributed by atoms with E-state index in [0.717, 1.165) is 24.8 Å². The lowest BCUT2D eigenvalue weighted by molar-refractivity contribution is -0.310. The summed E-state index contributed by atoms with van der Waals surface area (Å²) in [5, 5.41) is 11.2. The van der Waals surface area contributed by atoms with Crippen molar-refractivity contribution in [2.45, 2.75) is 91.0 Å². The first kappa shape index (κ1) is 23.1. The molecule has 1 aromatic rings. The van der Waals surface area contributed by atoms with E-state index in [1.54, 1.807) is 0 Å². The minimum absolute atomic E-state index is 0.121. The van der Waals surface area contributed by atoms with E-state index in [1.165, 1.54) is 32.1 Å². The molecule has 1 N–H and O–H groups in total. The van der Waals surface area contributed by atoms with Crippen LogP contribution >= 0.6 is 0 Å². The van der Waals surface area contributed by atoms with Crippen molar-refractivity contribution >= 4 is 0 Å². The zero-order valence-electron chi connectivity index (χ0n) is 17.4. The van der Waals surface area contributed by atoms with Crippen LogP contribution in [0.4, 0.5) is 0 Å². The highest BCUT2D eigenvalue weighted by Gasteiger charge is 2.45. The van der Waals surface area contributed by atoms with E-state index < -0.39 is 11.9 Å². The van der Waals surface area contributed by atoms with E-state index in [9.17, 15) is 5.11 Å². The molecule has 0 heterocycles. The van der Waals surface area contributed by atoms with E-state index in [4.69, 9.17) is 9.47 Å². The van der Waals surface area contributed by atoms with Crippen LogP contribution in [0.5, 0.6) is 0 Å². The molecule has 3 nitrogen and oxygen atoms in total. The summed E-state index contributed by atoms with van der Waals surface area (Å²) in [5.41, 5.74) is 0.854. The van der Waals surface area contributed by atoms with Gasteiger partial charge in [0.1, 0.15) is 6.10 Å². The number of rotatable bonds is 15. The molecule has 0 aliphatic carbocycles. The zero-order chi connectivity index (χ0) is 19.3. The predicted octanol–water partition coefficient (Wildman–Crippen LogP) is 6.27. The van der Waals surface area contributed by atoms with Gasteiger partial charge < -0.3 is 14.6 Å². The summed E-state index contributed by atoms with van der Waals surface area (Å²) in [6.07, 6.45) is 8.71. The van der Waals surface area contributed by atoms with Crippen LogP contribution in [0.2, 0.25) is 0 Å². The molecule has 3 unspecified atom stereocenters. The number of hydrogen-bond acceptors (Lipinski definition) is 3. The van der Waals surface area contributed by atoms with Crippen LogP contribution in [0, 0.1) is 5.92 Å². The Morgan fingerprint density at radius 2 is 1.54 bits per heavy atom. The maximum Gasteiger partial charge on any atom is 0.201 e. The molecular formula is C23H40O3. The zero-order valence-corrected chi connectivity index (χ0v) is 17.4. The summed E-state index contributed by atoms with van der Waals surface area (Å²) in [7, 11) is 0. The molecule has 0 aromatic heterocycles. The first-order chi connectivity index (χ1) is 12.6. The topological polar surface area (TPSA) is 38.7 Å². The first-order valence-electron chi connectivity index (χ1n) is 10.6. The van der Waals surface area contributed by atoms with E-state index >= 15 is 0 Å². The van der Waals surface area contributed by atoms with Gasteiger partial charge in [0.2, 0.25) is 5.79 Å². The number of benzene rings is 1. The lowest BCUT2D eigenvalue weighted by Gasteiger charge is -2.42. The maximum atomic E-state index is 11.2. The highest BCUT2D eigenvalue weighted by Crippen LogP contribution is 2.39. The second-order valence-corrected chi connectivity index (χ2v) is 7.27. The fourth-order valence-electron chi connectivity index (χ4n) is 3.54. The van der Waals surface area contributed by atoms with Gasteiger partial charge in [0, 0.05) is 19.1 Å². The molecule has 0 fully saturated rings. The van der Waals surface area contributed by atoms with E-state index in [2.05, 4.69) is 20.8 Å². The van der Waals surface area contributed by atoms with Gasteiger partial charge >= 0.3 is 0 Å². The Balaban J connectivity index is 2.84. The van der Waals surface area contributed by atoms with Gasteiger partial charge in [0.15, 0.2) is 0 Å². The van der Waals surface area contributed by atoms with Crippen molar-refractivity contribution < 1.29 is 14.6 Å². The van der Waals surface area contributed by atoms with Gasteiger partial charge in [-0.25, -0.2) is 0 Å². The van der Waals surface area contributed by atoms with E-state index in [1.807, 2.05) is 37.3 Å². The van der Waals surface area contributed by atoms with Gasteiger partial charge in [-0.2, -0.15) is 0 Å². The molecule has 0 bridgehead atoms. The molecule has 3 heteroatoms. The molecule has 26 heavy (non-hydrogen) atoms. The van der Waals surface area contributed by atoms with Crippen LogP contribution in [0.25, 0.3) is 0 Å². The van der Waals surface area contributed by atoms with Crippen LogP contribution in [0.15, 0.2) is 30.3 Å². The van der Waals surface area contributed by atoms with Crippen molar-refractivity contribution in [2.24, 2.45) is 5.92 Å². The lowest BCUT2D eigenvalue weighted by atomic mass is 9.86. The smallest absolute Gasteiger partial charge is 0.201 e. The largest absolute Gasteiger partial charge is 0.383 e. The quantitative estimate of drug-likeness (QED) is 0.294. The Morgan fingerprint density at radius 3 is 2.15 bits per heavy atom. The fraction of sp³-hybridized carbons (Fsp3) is 0.739. The maximum absolute atomic E-state index is 11.2. The highest BCUT2D eigenvalue weighted by atomic mass is 16.7. The molecule has 0 aliphatic heterocycles. The van der Waals surface area contributed by atoms with E-state index in [0.29, 0.717) is 13.2 Å². The van der Waals surface area contributed by atoms with Crippen LogP contribution < -0.4 is 0 Å². The van der Waals surface area contributed by atoms with Crippen molar-refractivity contribution in [1.29, 1.82) is 0 Å². The average molecular weight is 365 g/mol. The SMILES string of the molecule is CCCCCCCCC(C)C(OCC)(OCCC)C(O)c1ccccc1. The molecule has 0 saturated carbocycles. The normalized spacial score (nSPS) is 16.2. The number of aliphatic hydroxyl groups excluding tert-OH is 1. The number of aliphatic hydroxyl groups is 1. The Labute approximate surface area is 161 Å². The van der Waals surface area contributed by atoms with Crippen LogP contribution in [-0.2, 0) is 9.47 Å². The molecule has 0 radical (unpaired) electrons. The van der Waals surface area contributed by atoms with Crippen molar-refractivity contribution in [3.63, 3.8) is 0 Å². The van der Waals surface area contributed by atoms with Crippen LogP contribution in [-0.4, -0.2) is 24.1 Å². The van der Waals surface area contributed by atoms with Gasteiger partial charge in [0.05, 0.1) is 0 Å². The van der Waals surface area contributed by atoms with Crippen molar-refractivity contribution in [3.05, 3.63) is 35.9 Å². The fourth-order valence-corrected chi connectivity index (χ4v) is 3.54. The monoisotopic (exact) mass is 364 g/mol. The van der Waals surface area contributed by atoms with Crippen molar-refractivity contribution in [1.82, 2.24) is 0 Å². The highest BCUT2D eigenvalue weighted by molar-refractivity contribution is 5.20. The summed E-state index contributed by atoms with van der Waals surface area (Å²) in [5.74, 6) is -0.856. The third-order valence-electron chi connectivity index (χ3n) is 5.08. The number of unbranched alkanes of at least 4 members (excludes halogenated alkanes) is 5. The molecule has 0 amide bonds. The van der Waals surface area contributed by atoms with Crippen molar-refractivity contribution in [3.8, 4) is 0 Å². The summed E-state index contributed by atoms with van der Waals surface area (Å²) in [6, 6.07) is 9.77. The second-order valence-electron chi connectivity index (χ2n) is 7.27. The number of ether oxygens (including phenoxy) is 2. The van der Waals surface area contributed by atoms with Crippen LogP contribution in [0.1, 0.15) is 90.7 Å². The third kappa shape index (κ3) is 7.02. The van der Waals surface area contributed by atoms with Gasteiger partial charge in [-0.3, -0.25) is 0 Å². The second kappa shape index (κ2) is 13.3. The molecule has 1 rings (SSSR count). The molecule has 0 aliphatic rings. The predicted molar refractivity (Wildman–Crippen MR) is 109 cm³/mol. The Bertz CT molecular complexity index is 448. The Hall–Kier alpha value is -0.900. The Morgan fingerprint density at radius 1 is 0.885 bits per heavy atom.